The molecule has 0 saturated carbocycles. The standard InChI is InChI=1S/C24H20O5/c1-27-20-12-10-18(11-13-20)21(25)14-8-17-9-15-22(23(16-17)28-2)29-24(26)19-6-4-3-5-7-19/h3-16H,1-2H3/b14-8+. The summed E-state index contributed by atoms with van der Waals surface area (Å²) in [6, 6.07) is 20.7. The van der Waals surface area contributed by atoms with Crippen molar-refractivity contribution in [2.75, 3.05) is 14.2 Å². The molecule has 0 atom stereocenters. The average Bonchev–Trinajstić information content (AvgIpc) is 2.78. The molecule has 29 heavy (non-hydrogen) atoms. The molecular formula is C24H20O5. The Bertz CT molecular complexity index is 1020. The molecule has 0 amide bonds. The van der Waals surface area contributed by atoms with Gasteiger partial charge >= 0.3 is 5.97 Å². The molecule has 0 aliphatic rings. The van der Waals surface area contributed by atoms with Crippen molar-refractivity contribution in [3.63, 3.8) is 0 Å². The van der Waals surface area contributed by atoms with Gasteiger partial charge in [0, 0.05) is 5.56 Å². The summed E-state index contributed by atoms with van der Waals surface area (Å²) < 4.78 is 15.8. The molecular weight excluding hydrogens is 368 g/mol. The Morgan fingerprint density at radius 1 is 0.759 bits per heavy atom. The van der Waals surface area contributed by atoms with Gasteiger partial charge in [0.25, 0.3) is 0 Å². The summed E-state index contributed by atoms with van der Waals surface area (Å²) in [7, 11) is 3.07. The number of ketones is 1. The maximum absolute atomic E-state index is 12.3. The highest BCUT2D eigenvalue weighted by molar-refractivity contribution is 6.06. The molecule has 0 heterocycles. The Kier molecular flexibility index (Phi) is 6.43. The van der Waals surface area contributed by atoms with Crippen LogP contribution < -0.4 is 14.2 Å². The predicted octanol–water partition coefficient (Wildman–Crippen LogP) is 4.82. The van der Waals surface area contributed by atoms with Gasteiger partial charge in [0.05, 0.1) is 19.8 Å². The minimum absolute atomic E-state index is 0.133. The van der Waals surface area contributed by atoms with Gasteiger partial charge < -0.3 is 14.2 Å². The van der Waals surface area contributed by atoms with Gasteiger partial charge in [0.1, 0.15) is 5.75 Å². The highest BCUT2D eigenvalue weighted by Gasteiger charge is 2.12. The van der Waals surface area contributed by atoms with Gasteiger partial charge in [0.2, 0.25) is 0 Å². The fourth-order valence-electron chi connectivity index (χ4n) is 2.63. The van der Waals surface area contributed by atoms with E-state index in [2.05, 4.69) is 0 Å². The Hall–Kier alpha value is -3.86. The number of ether oxygens (including phenoxy) is 3. The van der Waals surface area contributed by atoms with Gasteiger partial charge in [-0.05, 0) is 60.2 Å². The lowest BCUT2D eigenvalue weighted by Crippen LogP contribution is -2.09. The van der Waals surface area contributed by atoms with E-state index in [-0.39, 0.29) is 5.78 Å². The fourth-order valence-corrected chi connectivity index (χ4v) is 2.63. The number of carbonyl (C=O) groups is 2. The van der Waals surface area contributed by atoms with Crippen LogP contribution in [0.3, 0.4) is 0 Å². The van der Waals surface area contributed by atoms with Crippen LogP contribution in [0, 0.1) is 0 Å². The molecule has 3 aromatic carbocycles. The van der Waals surface area contributed by atoms with Crippen LogP contribution in [-0.2, 0) is 0 Å². The van der Waals surface area contributed by atoms with E-state index < -0.39 is 5.97 Å². The summed E-state index contributed by atoms with van der Waals surface area (Å²) >= 11 is 0. The molecule has 0 unspecified atom stereocenters. The fraction of sp³-hybridized carbons (Fsp3) is 0.0833. The SMILES string of the molecule is COc1ccc(C(=O)/C=C/c2ccc(OC(=O)c3ccccc3)c(OC)c2)cc1. The number of esters is 1. The van der Waals surface area contributed by atoms with Crippen molar-refractivity contribution in [3.05, 3.63) is 95.6 Å². The molecule has 5 nitrogen and oxygen atoms in total. The van der Waals surface area contributed by atoms with E-state index in [0.29, 0.717) is 28.4 Å². The Morgan fingerprint density at radius 3 is 2.14 bits per heavy atom. The molecule has 0 aromatic heterocycles. The lowest BCUT2D eigenvalue weighted by Gasteiger charge is -2.10. The van der Waals surface area contributed by atoms with Crippen molar-refractivity contribution < 1.29 is 23.8 Å². The second-order valence-corrected chi connectivity index (χ2v) is 6.09. The number of benzene rings is 3. The minimum atomic E-state index is -0.470. The molecule has 146 valence electrons. The Balaban J connectivity index is 1.73. The topological polar surface area (TPSA) is 61.8 Å². The third-order valence-corrected chi connectivity index (χ3v) is 4.20. The van der Waals surface area contributed by atoms with Gasteiger partial charge in [-0.25, -0.2) is 4.79 Å². The van der Waals surface area contributed by atoms with Crippen LogP contribution >= 0.6 is 0 Å². The molecule has 0 aliphatic carbocycles. The van der Waals surface area contributed by atoms with Crippen molar-refractivity contribution in [3.8, 4) is 17.2 Å². The quantitative estimate of drug-likeness (QED) is 0.251. The molecule has 0 saturated heterocycles. The van der Waals surface area contributed by atoms with Gasteiger partial charge in [-0.3, -0.25) is 4.79 Å². The van der Waals surface area contributed by atoms with Crippen LogP contribution in [0.2, 0.25) is 0 Å². The second kappa shape index (κ2) is 9.37. The van der Waals surface area contributed by atoms with Gasteiger partial charge in [-0.2, -0.15) is 0 Å². The first-order valence-electron chi connectivity index (χ1n) is 8.92. The van der Waals surface area contributed by atoms with E-state index in [1.165, 1.54) is 13.2 Å². The zero-order chi connectivity index (χ0) is 20.6. The van der Waals surface area contributed by atoms with E-state index in [9.17, 15) is 9.59 Å². The summed E-state index contributed by atoms with van der Waals surface area (Å²) in [6.07, 6.45) is 3.16. The van der Waals surface area contributed by atoms with E-state index >= 15 is 0 Å². The molecule has 0 N–H and O–H groups in total. The summed E-state index contributed by atoms with van der Waals surface area (Å²) in [5, 5.41) is 0. The largest absolute Gasteiger partial charge is 0.497 e. The van der Waals surface area contributed by atoms with E-state index in [0.717, 1.165) is 5.56 Å². The van der Waals surface area contributed by atoms with Crippen molar-refractivity contribution in [2.24, 2.45) is 0 Å². The molecule has 0 fully saturated rings. The highest BCUT2D eigenvalue weighted by Crippen LogP contribution is 2.29. The maximum Gasteiger partial charge on any atom is 0.343 e. The number of carbonyl (C=O) groups excluding carboxylic acids is 2. The maximum atomic E-state index is 12.3. The third kappa shape index (κ3) is 5.11. The number of methoxy groups -OCH3 is 2. The zero-order valence-corrected chi connectivity index (χ0v) is 16.1. The highest BCUT2D eigenvalue weighted by atomic mass is 16.6. The van der Waals surface area contributed by atoms with Crippen LogP contribution in [0.25, 0.3) is 6.08 Å². The van der Waals surface area contributed by atoms with Crippen LogP contribution in [0.1, 0.15) is 26.3 Å². The van der Waals surface area contributed by atoms with Gasteiger partial charge in [-0.15, -0.1) is 0 Å². The van der Waals surface area contributed by atoms with E-state index in [1.807, 2.05) is 6.07 Å². The zero-order valence-electron chi connectivity index (χ0n) is 16.1. The van der Waals surface area contributed by atoms with Gasteiger partial charge in [-0.1, -0.05) is 30.3 Å². The molecule has 3 rings (SSSR count). The predicted molar refractivity (Wildman–Crippen MR) is 111 cm³/mol. The van der Waals surface area contributed by atoms with Crippen molar-refractivity contribution in [1.29, 1.82) is 0 Å². The van der Waals surface area contributed by atoms with Crippen molar-refractivity contribution in [2.45, 2.75) is 0 Å². The first kappa shape index (κ1) is 19.9. The van der Waals surface area contributed by atoms with Crippen LogP contribution in [0.15, 0.2) is 78.9 Å². The van der Waals surface area contributed by atoms with Crippen molar-refractivity contribution >= 4 is 17.8 Å². The van der Waals surface area contributed by atoms with Gasteiger partial charge in [0.15, 0.2) is 17.3 Å². The minimum Gasteiger partial charge on any atom is -0.497 e. The first-order chi connectivity index (χ1) is 14.1. The molecule has 0 radical (unpaired) electrons. The number of hydrogen-bond acceptors (Lipinski definition) is 5. The second-order valence-electron chi connectivity index (χ2n) is 6.09. The molecule has 0 bridgehead atoms. The smallest absolute Gasteiger partial charge is 0.343 e. The number of allylic oxidation sites excluding steroid dienone is 1. The summed E-state index contributed by atoms with van der Waals surface area (Å²) in [5.41, 5.74) is 1.74. The number of hydrogen-bond donors (Lipinski definition) is 0. The van der Waals surface area contributed by atoms with Crippen LogP contribution in [0.4, 0.5) is 0 Å². The summed E-state index contributed by atoms with van der Waals surface area (Å²) in [5.74, 6) is 0.789. The third-order valence-electron chi connectivity index (χ3n) is 4.20. The molecule has 0 aliphatic heterocycles. The molecule has 3 aromatic rings. The van der Waals surface area contributed by atoms with Crippen LogP contribution in [0.5, 0.6) is 17.2 Å². The monoisotopic (exact) mass is 388 g/mol. The summed E-state index contributed by atoms with van der Waals surface area (Å²) in [4.78, 5) is 24.6. The lowest BCUT2D eigenvalue weighted by atomic mass is 10.1. The first-order valence-corrected chi connectivity index (χ1v) is 8.92. The normalized spacial score (nSPS) is 10.6. The lowest BCUT2D eigenvalue weighted by molar-refractivity contribution is 0.0729. The van der Waals surface area contributed by atoms with E-state index in [4.69, 9.17) is 14.2 Å². The van der Waals surface area contributed by atoms with E-state index in [1.54, 1.807) is 79.9 Å². The van der Waals surface area contributed by atoms with Crippen LogP contribution in [-0.4, -0.2) is 26.0 Å². The molecule has 0 spiro atoms. The Labute approximate surface area is 169 Å². The molecule has 5 heteroatoms. The Morgan fingerprint density at radius 2 is 1.48 bits per heavy atom. The average molecular weight is 388 g/mol. The number of rotatable bonds is 7. The summed E-state index contributed by atoms with van der Waals surface area (Å²) in [6.45, 7) is 0. The van der Waals surface area contributed by atoms with Crippen molar-refractivity contribution in [1.82, 2.24) is 0 Å².